The predicted molar refractivity (Wildman–Crippen MR) is 66.2 cm³/mol. The molecule has 0 aromatic heterocycles. The van der Waals surface area contributed by atoms with Gasteiger partial charge in [-0.25, -0.2) is 0 Å². The van der Waals surface area contributed by atoms with E-state index >= 15 is 0 Å². The van der Waals surface area contributed by atoms with Gasteiger partial charge >= 0.3 is 0 Å². The normalized spacial score (nSPS) is 29.7. The molecule has 1 saturated carbocycles. The zero-order chi connectivity index (χ0) is 13.4. The average molecular weight is 255 g/mol. The fraction of sp³-hybridized carbons (Fsp3) is 0.833. The Hall–Kier alpha value is -1.30. The number of carbonyl (C=O) groups is 1. The van der Waals surface area contributed by atoms with E-state index in [-0.39, 0.29) is 23.2 Å². The van der Waals surface area contributed by atoms with Gasteiger partial charge in [0.1, 0.15) is 5.41 Å². The molecular formula is C12H21N3O3. The Kier molecular flexibility index (Phi) is 3.23. The molecule has 18 heavy (non-hydrogen) atoms. The van der Waals surface area contributed by atoms with Crippen molar-refractivity contribution in [3.05, 3.63) is 0 Å². The Balaban J connectivity index is 2.11. The van der Waals surface area contributed by atoms with Crippen molar-refractivity contribution in [2.24, 2.45) is 21.7 Å². The Bertz CT molecular complexity index is 373. The maximum Gasteiger partial charge on any atom is 0.234 e. The first kappa shape index (κ1) is 13.1. The molecule has 2 aliphatic rings. The van der Waals surface area contributed by atoms with Crippen LogP contribution in [0.1, 0.15) is 33.1 Å². The number of ether oxygens (including phenoxy) is 1. The van der Waals surface area contributed by atoms with E-state index in [0.717, 1.165) is 6.42 Å². The van der Waals surface area contributed by atoms with Gasteiger partial charge in [-0.05, 0) is 24.7 Å². The van der Waals surface area contributed by atoms with Crippen molar-refractivity contribution in [1.29, 1.82) is 0 Å². The lowest BCUT2D eigenvalue weighted by Gasteiger charge is -2.34. The molecule has 6 nitrogen and oxygen atoms in total. The van der Waals surface area contributed by atoms with Gasteiger partial charge in [-0.2, -0.15) is 0 Å². The third-order valence-electron chi connectivity index (χ3n) is 4.20. The second kappa shape index (κ2) is 4.42. The van der Waals surface area contributed by atoms with Gasteiger partial charge in [0.15, 0.2) is 5.84 Å². The summed E-state index contributed by atoms with van der Waals surface area (Å²) in [6.45, 7) is 5.13. The molecule has 1 aliphatic carbocycles. The molecule has 0 spiro atoms. The molecule has 2 rings (SSSR count). The van der Waals surface area contributed by atoms with Gasteiger partial charge in [0.25, 0.3) is 0 Å². The average Bonchev–Trinajstić information content (AvgIpc) is 2.96. The van der Waals surface area contributed by atoms with E-state index in [2.05, 4.69) is 24.3 Å². The topological polar surface area (TPSA) is 96.9 Å². The lowest BCUT2D eigenvalue weighted by molar-refractivity contribution is -0.132. The summed E-state index contributed by atoms with van der Waals surface area (Å²) in [5, 5.41) is 14.9. The van der Waals surface area contributed by atoms with E-state index in [9.17, 15) is 4.79 Å². The number of carbonyl (C=O) groups excluding carboxylic acids is 1. The van der Waals surface area contributed by atoms with Crippen molar-refractivity contribution < 1.29 is 14.7 Å². The molecule has 1 atom stereocenters. The zero-order valence-electron chi connectivity index (χ0n) is 10.9. The predicted octanol–water partition coefficient (Wildman–Crippen LogP) is 0.444. The lowest BCUT2D eigenvalue weighted by Crippen LogP contribution is -2.53. The van der Waals surface area contributed by atoms with E-state index in [1.165, 1.54) is 0 Å². The minimum absolute atomic E-state index is 0.0123. The largest absolute Gasteiger partial charge is 0.409 e. The second-order valence-corrected chi connectivity index (χ2v) is 5.90. The minimum Gasteiger partial charge on any atom is -0.409 e. The number of nitrogens with zero attached hydrogens (tertiary/aromatic N) is 1. The van der Waals surface area contributed by atoms with Crippen LogP contribution in [0, 0.1) is 10.8 Å². The maximum atomic E-state index is 12.4. The number of nitrogens with two attached hydrogens (primary N) is 1. The molecule has 1 aliphatic heterocycles. The summed E-state index contributed by atoms with van der Waals surface area (Å²) in [5.74, 6) is -0.154. The maximum absolute atomic E-state index is 12.4. The second-order valence-electron chi connectivity index (χ2n) is 5.90. The highest BCUT2D eigenvalue weighted by Gasteiger charge is 2.51. The van der Waals surface area contributed by atoms with E-state index < -0.39 is 5.41 Å². The summed E-state index contributed by atoms with van der Waals surface area (Å²) in [7, 11) is 0. The van der Waals surface area contributed by atoms with Crippen molar-refractivity contribution in [3.63, 3.8) is 0 Å². The SMILES string of the molecule is CC1(C)CC1NC(=O)C1(C(N)=NO)CCOCC1. The van der Waals surface area contributed by atoms with Gasteiger partial charge in [0, 0.05) is 19.3 Å². The van der Waals surface area contributed by atoms with Crippen molar-refractivity contribution in [3.8, 4) is 0 Å². The van der Waals surface area contributed by atoms with E-state index in [0.29, 0.717) is 26.1 Å². The van der Waals surface area contributed by atoms with E-state index in [4.69, 9.17) is 15.7 Å². The lowest BCUT2D eigenvalue weighted by atomic mass is 9.78. The first-order valence-electron chi connectivity index (χ1n) is 6.29. The molecule has 1 heterocycles. The Morgan fingerprint density at radius 2 is 2.00 bits per heavy atom. The molecule has 102 valence electrons. The highest BCUT2D eigenvalue weighted by Crippen LogP contribution is 2.45. The summed E-state index contributed by atoms with van der Waals surface area (Å²) in [6, 6.07) is 0.191. The summed E-state index contributed by atoms with van der Waals surface area (Å²) in [4.78, 5) is 12.4. The van der Waals surface area contributed by atoms with Crippen LogP contribution in [-0.4, -0.2) is 36.2 Å². The third-order valence-corrected chi connectivity index (χ3v) is 4.20. The van der Waals surface area contributed by atoms with E-state index in [1.54, 1.807) is 0 Å². The van der Waals surface area contributed by atoms with Crippen LogP contribution >= 0.6 is 0 Å². The van der Waals surface area contributed by atoms with Crippen molar-refractivity contribution in [2.45, 2.75) is 39.2 Å². The monoisotopic (exact) mass is 255 g/mol. The van der Waals surface area contributed by atoms with Gasteiger partial charge in [-0.15, -0.1) is 0 Å². The molecule has 0 aromatic carbocycles. The van der Waals surface area contributed by atoms with Gasteiger partial charge in [0.2, 0.25) is 5.91 Å². The highest BCUT2D eigenvalue weighted by atomic mass is 16.5. The van der Waals surface area contributed by atoms with Crippen LogP contribution < -0.4 is 11.1 Å². The van der Waals surface area contributed by atoms with E-state index in [1.807, 2.05) is 0 Å². The van der Waals surface area contributed by atoms with Crippen molar-refractivity contribution >= 4 is 11.7 Å². The van der Waals surface area contributed by atoms with Crippen LogP contribution in [0.5, 0.6) is 0 Å². The molecule has 0 radical (unpaired) electrons. The van der Waals surface area contributed by atoms with Gasteiger partial charge in [-0.3, -0.25) is 4.79 Å². The number of hydrogen-bond acceptors (Lipinski definition) is 4. The standard InChI is InChI=1S/C12H21N3O3/c1-11(2)7-8(11)14-10(16)12(9(13)15-17)3-5-18-6-4-12/h8,17H,3-7H2,1-2H3,(H2,13,15)(H,14,16). The third kappa shape index (κ3) is 2.16. The van der Waals surface area contributed by atoms with Gasteiger partial charge < -0.3 is 21.0 Å². The van der Waals surface area contributed by atoms with Crippen LogP contribution in [-0.2, 0) is 9.53 Å². The zero-order valence-corrected chi connectivity index (χ0v) is 10.9. The van der Waals surface area contributed by atoms with Crippen molar-refractivity contribution in [1.82, 2.24) is 5.32 Å². The molecule has 1 unspecified atom stereocenters. The number of oxime groups is 1. The number of amides is 1. The first-order valence-corrected chi connectivity index (χ1v) is 6.29. The molecule has 6 heteroatoms. The molecule has 0 bridgehead atoms. The highest BCUT2D eigenvalue weighted by molar-refractivity contribution is 6.07. The molecule has 0 aromatic rings. The fourth-order valence-electron chi connectivity index (χ4n) is 2.43. The van der Waals surface area contributed by atoms with Crippen LogP contribution in [0.4, 0.5) is 0 Å². The first-order chi connectivity index (χ1) is 8.42. The van der Waals surface area contributed by atoms with Crippen LogP contribution in [0.25, 0.3) is 0 Å². The molecule has 1 saturated heterocycles. The Morgan fingerprint density at radius 1 is 1.44 bits per heavy atom. The quantitative estimate of drug-likeness (QED) is 0.295. The number of rotatable bonds is 3. The Morgan fingerprint density at radius 3 is 2.44 bits per heavy atom. The fourth-order valence-corrected chi connectivity index (χ4v) is 2.43. The summed E-state index contributed by atoms with van der Waals surface area (Å²) in [5.41, 5.74) is 4.98. The molecule has 1 amide bonds. The van der Waals surface area contributed by atoms with Crippen LogP contribution in [0.3, 0.4) is 0 Å². The summed E-state index contributed by atoms with van der Waals surface area (Å²) < 4.78 is 5.26. The Labute approximate surface area is 107 Å². The molecule has 4 N–H and O–H groups in total. The smallest absolute Gasteiger partial charge is 0.234 e. The summed E-state index contributed by atoms with van der Waals surface area (Å²) >= 11 is 0. The van der Waals surface area contributed by atoms with Crippen molar-refractivity contribution in [2.75, 3.05) is 13.2 Å². The molecule has 2 fully saturated rings. The van der Waals surface area contributed by atoms with Crippen LogP contribution in [0.2, 0.25) is 0 Å². The summed E-state index contributed by atoms with van der Waals surface area (Å²) in [6.07, 6.45) is 1.89. The number of hydrogen-bond donors (Lipinski definition) is 3. The number of amidine groups is 1. The van der Waals surface area contributed by atoms with Crippen LogP contribution in [0.15, 0.2) is 5.16 Å². The van der Waals surface area contributed by atoms with Gasteiger partial charge in [-0.1, -0.05) is 19.0 Å². The molecular weight excluding hydrogens is 234 g/mol. The number of nitrogens with one attached hydrogen (secondary N) is 1. The van der Waals surface area contributed by atoms with Gasteiger partial charge in [0.05, 0.1) is 0 Å². The minimum atomic E-state index is -0.911.